The minimum Gasteiger partial charge on any atom is -0.386 e. The number of piperidine rings is 1. The molecule has 1 fully saturated rings. The summed E-state index contributed by atoms with van der Waals surface area (Å²) >= 11 is 0. The van der Waals surface area contributed by atoms with Gasteiger partial charge in [0.1, 0.15) is 0 Å². The van der Waals surface area contributed by atoms with E-state index in [-0.39, 0.29) is 11.9 Å². The van der Waals surface area contributed by atoms with Crippen molar-refractivity contribution in [2.75, 3.05) is 6.54 Å². The third-order valence-corrected chi connectivity index (χ3v) is 6.50. The Morgan fingerprint density at radius 2 is 2.00 bits per heavy atom. The number of hydrogen-bond donors (Lipinski definition) is 1. The van der Waals surface area contributed by atoms with Crippen molar-refractivity contribution in [1.29, 1.82) is 0 Å². The molecule has 1 aromatic heterocycles. The van der Waals surface area contributed by atoms with Crippen LogP contribution in [-0.4, -0.2) is 38.1 Å². The molecule has 2 atom stereocenters. The Morgan fingerprint density at radius 3 is 2.74 bits per heavy atom. The smallest absolute Gasteiger partial charge is 0.250 e. The number of imidazole rings is 1. The first-order chi connectivity index (χ1) is 15.0. The second-order valence-corrected chi connectivity index (χ2v) is 8.66. The van der Waals surface area contributed by atoms with Gasteiger partial charge in [0.15, 0.2) is 0 Å². The monoisotopic (exact) mass is 413 g/mol. The molecule has 2 aromatic carbocycles. The Morgan fingerprint density at radius 1 is 1.16 bits per heavy atom. The molecule has 0 bridgehead atoms. The zero-order valence-corrected chi connectivity index (χ0v) is 18.0. The fourth-order valence-electron chi connectivity index (χ4n) is 4.93. The number of rotatable bonds is 3. The minimum absolute atomic E-state index is 0.0510. The van der Waals surface area contributed by atoms with Crippen molar-refractivity contribution in [3.05, 3.63) is 88.5 Å². The van der Waals surface area contributed by atoms with Gasteiger partial charge in [0.2, 0.25) is 5.91 Å². The van der Waals surface area contributed by atoms with Crippen molar-refractivity contribution in [2.24, 2.45) is 0 Å². The van der Waals surface area contributed by atoms with E-state index in [1.54, 1.807) is 0 Å². The van der Waals surface area contributed by atoms with Crippen LogP contribution in [-0.2, 0) is 11.2 Å². The second kappa shape index (κ2) is 7.82. The van der Waals surface area contributed by atoms with E-state index < -0.39 is 6.10 Å². The maximum atomic E-state index is 13.3. The van der Waals surface area contributed by atoms with Crippen molar-refractivity contribution >= 4 is 12.0 Å². The number of nitrogens with zero attached hydrogens (tertiary/aromatic N) is 3. The topological polar surface area (TPSA) is 58.4 Å². The van der Waals surface area contributed by atoms with Gasteiger partial charge < -0.3 is 14.6 Å². The van der Waals surface area contributed by atoms with Gasteiger partial charge in [-0.05, 0) is 73.6 Å². The average molecular weight is 414 g/mol. The summed E-state index contributed by atoms with van der Waals surface area (Å²) < 4.78 is 2.02. The summed E-state index contributed by atoms with van der Waals surface area (Å²) in [6, 6.07) is 14.0. The number of fused-ring (bicyclic) bond motifs is 1. The molecule has 0 spiro atoms. The average Bonchev–Trinajstić information content (AvgIpc) is 3.33. The zero-order valence-electron chi connectivity index (χ0n) is 18.0. The largest absolute Gasteiger partial charge is 0.386 e. The third-order valence-electron chi connectivity index (χ3n) is 6.50. The van der Waals surface area contributed by atoms with Gasteiger partial charge in [0, 0.05) is 24.0 Å². The molecule has 31 heavy (non-hydrogen) atoms. The first-order valence-electron chi connectivity index (χ1n) is 10.9. The molecule has 5 rings (SSSR count). The van der Waals surface area contributed by atoms with Crippen molar-refractivity contribution in [2.45, 2.75) is 45.3 Å². The van der Waals surface area contributed by atoms with Crippen LogP contribution in [0.25, 0.3) is 11.8 Å². The van der Waals surface area contributed by atoms with Crippen LogP contribution >= 0.6 is 0 Å². The first kappa shape index (κ1) is 19.8. The van der Waals surface area contributed by atoms with E-state index in [4.69, 9.17) is 0 Å². The van der Waals surface area contributed by atoms with Gasteiger partial charge in [-0.3, -0.25) is 4.79 Å². The van der Waals surface area contributed by atoms with Crippen LogP contribution in [0.5, 0.6) is 0 Å². The highest BCUT2D eigenvalue weighted by Gasteiger charge is 2.39. The van der Waals surface area contributed by atoms with Crippen LogP contribution in [0.2, 0.25) is 0 Å². The fourth-order valence-corrected chi connectivity index (χ4v) is 4.93. The number of carbonyl (C=O) groups is 1. The molecule has 5 heteroatoms. The number of carbonyl (C=O) groups excluding carboxylic acids is 1. The molecule has 1 saturated heterocycles. The molecule has 0 saturated carbocycles. The number of benzene rings is 2. The standard InChI is InChI=1S/C26H27N3O2/c1-17-12-19(9-10-23(17)28-15-18(2)27-16-28)13-21-7-5-11-29(26(21)31)24-14-20-6-3-4-8-22(20)25(24)30/h3-4,6,8-10,12-13,15-16,24-25,30H,5,7,11,14H2,1-2H3/b21-13+/t24-,25-/m1/s1. The molecule has 1 aliphatic carbocycles. The zero-order chi connectivity index (χ0) is 21.5. The van der Waals surface area contributed by atoms with Crippen LogP contribution in [0.15, 0.2) is 60.6 Å². The Balaban J connectivity index is 1.38. The first-order valence-corrected chi connectivity index (χ1v) is 10.9. The van der Waals surface area contributed by atoms with Gasteiger partial charge >= 0.3 is 0 Å². The van der Waals surface area contributed by atoms with E-state index in [0.29, 0.717) is 13.0 Å². The quantitative estimate of drug-likeness (QED) is 0.656. The van der Waals surface area contributed by atoms with Crippen molar-refractivity contribution in [1.82, 2.24) is 14.5 Å². The maximum Gasteiger partial charge on any atom is 0.250 e. The van der Waals surface area contributed by atoms with Crippen molar-refractivity contribution in [3.63, 3.8) is 0 Å². The molecule has 0 unspecified atom stereocenters. The number of aliphatic hydroxyl groups excluding tert-OH is 1. The third kappa shape index (κ3) is 3.59. The summed E-state index contributed by atoms with van der Waals surface area (Å²) in [6.07, 6.45) is 7.64. The van der Waals surface area contributed by atoms with Crippen LogP contribution in [0.1, 0.15) is 46.9 Å². The SMILES string of the molecule is Cc1cn(-c2ccc(/C=C3\CCCN([C@@H]4Cc5ccccc5[C@H]4O)C3=O)cc2C)cn1. The molecule has 3 aromatic rings. The van der Waals surface area contributed by atoms with E-state index in [0.717, 1.165) is 52.0 Å². The molecule has 1 aliphatic heterocycles. The van der Waals surface area contributed by atoms with Crippen LogP contribution < -0.4 is 0 Å². The molecule has 0 radical (unpaired) electrons. The summed E-state index contributed by atoms with van der Waals surface area (Å²) in [5.41, 5.74) is 7.15. The lowest BCUT2D eigenvalue weighted by Gasteiger charge is -2.35. The molecular weight excluding hydrogens is 386 g/mol. The second-order valence-electron chi connectivity index (χ2n) is 8.66. The highest BCUT2D eigenvalue weighted by Crippen LogP contribution is 2.36. The lowest BCUT2D eigenvalue weighted by molar-refractivity contribution is -0.133. The van der Waals surface area contributed by atoms with Gasteiger partial charge in [-0.15, -0.1) is 0 Å². The normalized spacial score (nSPS) is 22.2. The highest BCUT2D eigenvalue weighted by molar-refractivity contribution is 5.98. The molecule has 1 amide bonds. The summed E-state index contributed by atoms with van der Waals surface area (Å²) in [4.78, 5) is 19.5. The van der Waals surface area contributed by atoms with E-state index in [9.17, 15) is 9.90 Å². The Bertz CT molecular complexity index is 1180. The number of hydrogen-bond acceptors (Lipinski definition) is 3. The number of likely N-dealkylation sites (tertiary alicyclic amines) is 1. The lowest BCUT2D eigenvalue weighted by atomic mass is 9.97. The predicted octanol–water partition coefficient (Wildman–Crippen LogP) is 4.15. The van der Waals surface area contributed by atoms with Gasteiger partial charge in [0.25, 0.3) is 0 Å². The highest BCUT2D eigenvalue weighted by atomic mass is 16.3. The molecule has 158 valence electrons. The Labute approximate surface area is 182 Å². The Hall–Kier alpha value is -3.18. The van der Waals surface area contributed by atoms with E-state index in [1.165, 1.54) is 0 Å². The molecule has 1 N–H and O–H groups in total. The summed E-state index contributed by atoms with van der Waals surface area (Å²) in [5.74, 6) is 0.0510. The molecule has 5 nitrogen and oxygen atoms in total. The molecular formula is C26H27N3O2. The van der Waals surface area contributed by atoms with E-state index in [1.807, 2.05) is 53.2 Å². The lowest BCUT2D eigenvalue weighted by Crippen LogP contribution is -2.46. The van der Waals surface area contributed by atoms with E-state index >= 15 is 0 Å². The summed E-state index contributed by atoms with van der Waals surface area (Å²) in [5, 5.41) is 10.8. The summed E-state index contributed by atoms with van der Waals surface area (Å²) in [6.45, 7) is 4.75. The van der Waals surface area contributed by atoms with Crippen LogP contribution in [0.3, 0.4) is 0 Å². The number of amides is 1. The van der Waals surface area contributed by atoms with Crippen molar-refractivity contribution < 1.29 is 9.90 Å². The summed E-state index contributed by atoms with van der Waals surface area (Å²) in [7, 11) is 0. The predicted molar refractivity (Wildman–Crippen MR) is 121 cm³/mol. The van der Waals surface area contributed by atoms with Gasteiger partial charge in [-0.2, -0.15) is 0 Å². The fraction of sp³-hybridized carbons (Fsp3) is 0.308. The van der Waals surface area contributed by atoms with Gasteiger partial charge in [-0.1, -0.05) is 30.3 Å². The Kier molecular flexibility index (Phi) is 4.98. The van der Waals surface area contributed by atoms with Gasteiger partial charge in [0.05, 0.1) is 24.2 Å². The number of aryl methyl sites for hydroxylation is 2. The van der Waals surface area contributed by atoms with Crippen molar-refractivity contribution in [3.8, 4) is 5.69 Å². The molecule has 2 aliphatic rings. The minimum atomic E-state index is -0.611. The molecule has 2 heterocycles. The number of aliphatic hydroxyl groups is 1. The van der Waals surface area contributed by atoms with Crippen LogP contribution in [0.4, 0.5) is 0 Å². The number of aromatic nitrogens is 2. The van der Waals surface area contributed by atoms with Gasteiger partial charge in [-0.25, -0.2) is 4.98 Å². The van der Waals surface area contributed by atoms with Crippen LogP contribution in [0, 0.1) is 13.8 Å². The van der Waals surface area contributed by atoms with E-state index in [2.05, 4.69) is 36.2 Å². The maximum absolute atomic E-state index is 13.3.